The Balaban J connectivity index is 1.13. The third kappa shape index (κ3) is 2.72. The Labute approximate surface area is 175 Å². The Bertz CT molecular complexity index is 1020. The van der Waals surface area contributed by atoms with Gasteiger partial charge in [0.15, 0.2) is 0 Å². The predicted molar refractivity (Wildman–Crippen MR) is 111 cm³/mol. The highest BCUT2D eigenvalue weighted by Crippen LogP contribution is 2.65. The molecule has 1 heterocycles. The number of carbonyl (C=O) groups excluding carboxylic acids is 2. The highest BCUT2D eigenvalue weighted by atomic mass is 16.5. The first kappa shape index (κ1) is 17.6. The summed E-state index contributed by atoms with van der Waals surface area (Å²) < 4.78 is 5.80. The summed E-state index contributed by atoms with van der Waals surface area (Å²) in [5.74, 6) is 1.74. The normalized spacial score (nSPS) is 33.1. The van der Waals surface area contributed by atoms with E-state index in [0.717, 1.165) is 28.3 Å². The molecule has 2 amide bonds. The minimum atomic E-state index is -0.206. The van der Waals surface area contributed by atoms with E-state index in [4.69, 9.17) is 4.74 Å². The van der Waals surface area contributed by atoms with Crippen LogP contribution in [0.15, 0.2) is 71.9 Å². The molecule has 0 spiro atoms. The van der Waals surface area contributed by atoms with Crippen LogP contribution in [-0.2, 0) is 16.2 Å². The van der Waals surface area contributed by atoms with E-state index in [0.29, 0.717) is 18.4 Å². The molecular formula is C25H22N2O3. The van der Waals surface area contributed by atoms with Gasteiger partial charge in [0.25, 0.3) is 11.8 Å². The van der Waals surface area contributed by atoms with Crippen LogP contribution in [0.25, 0.3) is 0 Å². The van der Waals surface area contributed by atoms with Crippen molar-refractivity contribution >= 4 is 18.0 Å². The summed E-state index contributed by atoms with van der Waals surface area (Å²) in [6.45, 7) is 0.506. The molecule has 2 aromatic rings. The van der Waals surface area contributed by atoms with Gasteiger partial charge < -0.3 is 4.74 Å². The van der Waals surface area contributed by atoms with Gasteiger partial charge in [0, 0.05) is 0 Å². The second-order valence-electron chi connectivity index (χ2n) is 8.73. The first-order valence-electron chi connectivity index (χ1n) is 10.6. The van der Waals surface area contributed by atoms with E-state index in [1.807, 2.05) is 54.6 Å². The second kappa shape index (κ2) is 6.66. The molecule has 1 saturated heterocycles. The molecule has 5 nitrogen and oxygen atoms in total. The molecule has 1 aliphatic heterocycles. The quantitative estimate of drug-likeness (QED) is 0.439. The van der Waals surface area contributed by atoms with Crippen LogP contribution < -0.4 is 4.74 Å². The lowest BCUT2D eigenvalue weighted by atomic mass is 9.63. The molecule has 3 fully saturated rings. The average molecular weight is 398 g/mol. The number of allylic oxidation sites excluding steroid dienone is 2. The fourth-order valence-corrected chi connectivity index (χ4v) is 5.57. The van der Waals surface area contributed by atoms with Crippen molar-refractivity contribution in [3.63, 3.8) is 0 Å². The fraction of sp³-hybridized carbons (Fsp3) is 0.320. The van der Waals surface area contributed by atoms with E-state index in [1.54, 1.807) is 6.21 Å². The van der Waals surface area contributed by atoms with Crippen molar-refractivity contribution in [1.29, 1.82) is 0 Å². The van der Waals surface area contributed by atoms with Gasteiger partial charge in [-0.05, 0) is 65.5 Å². The van der Waals surface area contributed by atoms with E-state index in [9.17, 15) is 9.59 Å². The van der Waals surface area contributed by atoms with E-state index in [-0.39, 0.29) is 35.5 Å². The molecule has 0 aromatic heterocycles. The molecule has 0 N–H and O–H groups in total. The number of hydrazone groups is 1. The summed E-state index contributed by atoms with van der Waals surface area (Å²) >= 11 is 0. The third-order valence-corrected chi connectivity index (χ3v) is 7.09. The minimum absolute atomic E-state index is 0.131. The number of rotatable bonds is 5. The predicted octanol–water partition coefficient (Wildman–Crippen LogP) is 3.65. The van der Waals surface area contributed by atoms with Crippen LogP contribution >= 0.6 is 0 Å². The molecule has 2 saturated carbocycles. The maximum absolute atomic E-state index is 12.9. The Morgan fingerprint density at radius 3 is 2.17 bits per heavy atom. The zero-order valence-corrected chi connectivity index (χ0v) is 16.4. The number of hydrogen-bond acceptors (Lipinski definition) is 4. The molecular weight excluding hydrogens is 376 g/mol. The first-order chi connectivity index (χ1) is 14.7. The summed E-state index contributed by atoms with van der Waals surface area (Å²) in [7, 11) is 0. The van der Waals surface area contributed by atoms with Crippen LogP contribution in [-0.4, -0.2) is 23.0 Å². The molecule has 2 bridgehead atoms. The van der Waals surface area contributed by atoms with Crippen LogP contribution in [0.2, 0.25) is 0 Å². The summed E-state index contributed by atoms with van der Waals surface area (Å²) in [6, 6.07) is 17.5. The number of hydrogen-bond donors (Lipinski definition) is 0. The largest absolute Gasteiger partial charge is 0.489 e. The number of imide groups is 1. The monoisotopic (exact) mass is 398 g/mol. The molecule has 150 valence electrons. The van der Waals surface area contributed by atoms with Gasteiger partial charge in [0.1, 0.15) is 12.4 Å². The van der Waals surface area contributed by atoms with Crippen LogP contribution in [0.1, 0.15) is 17.5 Å². The lowest BCUT2D eigenvalue weighted by Crippen LogP contribution is -2.40. The maximum Gasteiger partial charge on any atom is 0.254 e. The Hall–Kier alpha value is -3.21. The van der Waals surface area contributed by atoms with E-state index >= 15 is 0 Å². The summed E-state index contributed by atoms with van der Waals surface area (Å²) in [6.07, 6.45) is 7.10. The zero-order valence-electron chi connectivity index (χ0n) is 16.4. The summed E-state index contributed by atoms with van der Waals surface area (Å²) in [5, 5.41) is 5.40. The second-order valence-corrected chi connectivity index (χ2v) is 8.73. The smallest absolute Gasteiger partial charge is 0.254 e. The van der Waals surface area contributed by atoms with Crippen molar-refractivity contribution in [3.8, 4) is 5.75 Å². The number of nitrogens with zero attached hydrogens (tertiary/aromatic N) is 2. The molecule has 6 atom stereocenters. The van der Waals surface area contributed by atoms with E-state index in [2.05, 4.69) is 17.3 Å². The molecule has 7 rings (SSSR count). The highest BCUT2D eigenvalue weighted by Gasteiger charge is 2.67. The molecule has 5 heteroatoms. The lowest BCUT2D eigenvalue weighted by Gasteiger charge is -2.37. The number of ether oxygens (including phenoxy) is 1. The molecule has 4 aliphatic carbocycles. The van der Waals surface area contributed by atoms with Gasteiger partial charge >= 0.3 is 0 Å². The van der Waals surface area contributed by atoms with Gasteiger partial charge in [0.05, 0.1) is 18.1 Å². The van der Waals surface area contributed by atoms with Crippen molar-refractivity contribution in [2.75, 3.05) is 0 Å². The number of amides is 2. The van der Waals surface area contributed by atoms with Gasteiger partial charge in [-0.2, -0.15) is 10.1 Å². The Kier molecular flexibility index (Phi) is 3.91. The van der Waals surface area contributed by atoms with Crippen molar-refractivity contribution in [2.45, 2.75) is 13.0 Å². The molecule has 5 aliphatic rings. The topological polar surface area (TPSA) is 59.0 Å². The molecule has 0 unspecified atom stereocenters. The molecule has 30 heavy (non-hydrogen) atoms. The fourth-order valence-electron chi connectivity index (χ4n) is 5.57. The first-order valence-corrected chi connectivity index (χ1v) is 10.6. The zero-order chi connectivity index (χ0) is 20.2. The molecule has 2 aromatic carbocycles. The standard InChI is InChI=1S/C25H22N2O3/c28-24-22-18-10-11-19(21-12-20(18)21)23(22)25(29)27(24)26-13-15-6-8-17(9-7-15)30-14-16-4-2-1-3-5-16/h1-11,13,18-23H,12,14H2/b26-13-/t18-,19-,20-,21+,22-,23-/m1/s1. The van der Waals surface area contributed by atoms with Gasteiger partial charge in [-0.1, -0.05) is 42.5 Å². The van der Waals surface area contributed by atoms with E-state index < -0.39 is 0 Å². The van der Waals surface area contributed by atoms with Crippen molar-refractivity contribution in [3.05, 3.63) is 77.9 Å². The van der Waals surface area contributed by atoms with Crippen LogP contribution in [0, 0.1) is 35.5 Å². The van der Waals surface area contributed by atoms with Crippen LogP contribution in [0.5, 0.6) is 5.75 Å². The van der Waals surface area contributed by atoms with Gasteiger partial charge in [-0.15, -0.1) is 0 Å². The van der Waals surface area contributed by atoms with Crippen LogP contribution in [0.4, 0.5) is 0 Å². The van der Waals surface area contributed by atoms with Crippen LogP contribution in [0.3, 0.4) is 0 Å². The van der Waals surface area contributed by atoms with E-state index in [1.165, 1.54) is 0 Å². The summed E-state index contributed by atoms with van der Waals surface area (Å²) in [4.78, 5) is 25.9. The maximum atomic E-state index is 12.9. The SMILES string of the molecule is O=C1[C@@H]2[C@@H]3C=C[C@H]([C@@H]4C[C@H]34)[C@H]2C(=O)N1/N=C\c1ccc(OCc2ccccc2)cc1. The van der Waals surface area contributed by atoms with Crippen molar-refractivity contribution < 1.29 is 14.3 Å². The van der Waals surface area contributed by atoms with Gasteiger partial charge in [-0.25, -0.2) is 0 Å². The Morgan fingerprint density at radius 1 is 0.900 bits per heavy atom. The Morgan fingerprint density at radius 2 is 1.53 bits per heavy atom. The minimum Gasteiger partial charge on any atom is -0.489 e. The lowest BCUT2D eigenvalue weighted by molar-refractivity contribution is -0.140. The van der Waals surface area contributed by atoms with Crippen molar-refractivity contribution in [2.24, 2.45) is 40.6 Å². The summed E-state index contributed by atoms with van der Waals surface area (Å²) in [5.41, 5.74) is 1.93. The van der Waals surface area contributed by atoms with Crippen molar-refractivity contribution in [1.82, 2.24) is 5.01 Å². The third-order valence-electron chi connectivity index (χ3n) is 7.09. The number of carbonyl (C=O) groups is 2. The average Bonchev–Trinajstić information content (AvgIpc) is 3.57. The number of benzene rings is 2. The molecule has 0 radical (unpaired) electrons. The van der Waals surface area contributed by atoms with Gasteiger partial charge in [-0.3, -0.25) is 9.59 Å². The van der Waals surface area contributed by atoms with Gasteiger partial charge in [0.2, 0.25) is 0 Å². The highest BCUT2D eigenvalue weighted by molar-refractivity contribution is 6.06.